The van der Waals surface area contributed by atoms with E-state index < -0.39 is 0 Å². The Labute approximate surface area is 105 Å². The molecule has 0 spiro atoms. The van der Waals surface area contributed by atoms with Gasteiger partial charge in [0.1, 0.15) is 0 Å². The number of hydrogen-bond donors (Lipinski definition) is 1. The molecule has 0 amide bonds. The summed E-state index contributed by atoms with van der Waals surface area (Å²) in [5.41, 5.74) is 7.88. The van der Waals surface area contributed by atoms with E-state index in [1.807, 2.05) is 36.4 Å². The second-order valence-corrected chi connectivity index (χ2v) is 4.09. The number of hydrogen-bond acceptors (Lipinski definition) is 2. The lowest BCUT2D eigenvalue weighted by Crippen LogP contribution is -2.13. The summed E-state index contributed by atoms with van der Waals surface area (Å²) in [6, 6.07) is 14.9. The van der Waals surface area contributed by atoms with E-state index >= 15 is 0 Å². The largest absolute Gasteiger partial charge is 0.324 e. The third-order valence-electron chi connectivity index (χ3n) is 2.58. The normalized spacial score (nSPS) is 10.2. The van der Waals surface area contributed by atoms with Crippen LogP contribution in [0.1, 0.15) is 10.4 Å². The molecule has 2 nitrogen and oxygen atoms in total. The maximum Gasteiger partial charge on any atom is 0.176 e. The summed E-state index contributed by atoms with van der Waals surface area (Å²) in [5.74, 6) is -0.0595. The van der Waals surface area contributed by atoms with Crippen LogP contribution in [0.2, 0.25) is 5.02 Å². The molecule has 2 rings (SSSR count). The lowest BCUT2D eigenvalue weighted by Gasteiger charge is -2.05. The molecule has 17 heavy (non-hydrogen) atoms. The average molecular weight is 246 g/mol. The van der Waals surface area contributed by atoms with Crippen molar-refractivity contribution in [2.24, 2.45) is 5.73 Å². The zero-order valence-corrected chi connectivity index (χ0v) is 9.95. The van der Waals surface area contributed by atoms with Gasteiger partial charge in [0, 0.05) is 16.1 Å². The fourth-order valence-electron chi connectivity index (χ4n) is 1.65. The van der Waals surface area contributed by atoms with Crippen molar-refractivity contribution in [3.63, 3.8) is 0 Å². The predicted octanol–water partition coefficient (Wildman–Crippen LogP) is 3.15. The van der Waals surface area contributed by atoms with Gasteiger partial charge in [0.15, 0.2) is 5.78 Å². The van der Waals surface area contributed by atoms with Gasteiger partial charge in [0.05, 0.1) is 6.54 Å². The maximum absolute atomic E-state index is 11.4. The molecule has 0 fully saturated rings. The maximum atomic E-state index is 11.4. The molecule has 0 aromatic heterocycles. The number of ketones is 1. The highest BCUT2D eigenvalue weighted by atomic mass is 35.5. The summed E-state index contributed by atoms with van der Waals surface area (Å²) in [6.45, 7) is 0.0332. The molecule has 2 aromatic carbocycles. The Morgan fingerprint density at radius 1 is 1.06 bits per heavy atom. The van der Waals surface area contributed by atoms with Crippen LogP contribution < -0.4 is 5.73 Å². The number of rotatable bonds is 3. The molecule has 0 heterocycles. The third kappa shape index (κ3) is 2.54. The molecule has 0 saturated heterocycles. The molecule has 3 heteroatoms. The van der Waals surface area contributed by atoms with Crippen molar-refractivity contribution in [3.8, 4) is 11.1 Å². The average Bonchev–Trinajstić information content (AvgIpc) is 2.39. The summed E-state index contributed by atoms with van der Waals surface area (Å²) < 4.78 is 0. The predicted molar refractivity (Wildman–Crippen MR) is 70.3 cm³/mol. The van der Waals surface area contributed by atoms with Crippen LogP contribution in [0.4, 0.5) is 0 Å². The molecule has 0 aliphatic heterocycles. The molecule has 86 valence electrons. The first-order valence-corrected chi connectivity index (χ1v) is 5.68. The van der Waals surface area contributed by atoms with Crippen LogP contribution in [0.5, 0.6) is 0 Å². The summed E-state index contributed by atoms with van der Waals surface area (Å²) in [7, 11) is 0. The summed E-state index contributed by atoms with van der Waals surface area (Å²) >= 11 is 6.10. The molecule has 0 atom stereocenters. The van der Waals surface area contributed by atoms with E-state index in [0.717, 1.165) is 11.1 Å². The van der Waals surface area contributed by atoms with Gasteiger partial charge in [-0.1, -0.05) is 54.1 Å². The van der Waals surface area contributed by atoms with Crippen LogP contribution in [0.3, 0.4) is 0 Å². The lowest BCUT2D eigenvalue weighted by molar-refractivity contribution is 0.100. The molecule has 0 radical (unpaired) electrons. The first kappa shape index (κ1) is 11.8. The Morgan fingerprint density at radius 2 is 1.71 bits per heavy atom. The minimum Gasteiger partial charge on any atom is -0.324 e. The van der Waals surface area contributed by atoms with Crippen LogP contribution in [0.15, 0.2) is 48.5 Å². The van der Waals surface area contributed by atoms with Crippen molar-refractivity contribution in [3.05, 3.63) is 59.1 Å². The lowest BCUT2D eigenvalue weighted by atomic mass is 10.0. The van der Waals surface area contributed by atoms with Gasteiger partial charge in [-0.25, -0.2) is 0 Å². The van der Waals surface area contributed by atoms with E-state index in [1.54, 1.807) is 12.1 Å². The highest BCUT2D eigenvalue weighted by Gasteiger charge is 2.05. The molecular formula is C14H12ClNO. The highest BCUT2D eigenvalue weighted by Crippen LogP contribution is 2.27. The molecule has 2 N–H and O–H groups in total. The van der Waals surface area contributed by atoms with Crippen LogP contribution in [-0.2, 0) is 0 Å². The Bertz CT molecular complexity index is 534. The fraction of sp³-hybridized carbons (Fsp3) is 0.0714. The Balaban J connectivity index is 2.36. The van der Waals surface area contributed by atoms with Crippen LogP contribution in [0.25, 0.3) is 11.1 Å². The van der Waals surface area contributed by atoms with Gasteiger partial charge in [0.25, 0.3) is 0 Å². The van der Waals surface area contributed by atoms with Crippen molar-refractivity contribution in [1.82, 2.24) is 0 Å². The topological polar surface area (TPSA) is 43.1 Å². The summed E-state index contributed by atoms with van der Waals surface area (Å²) in [6.07, 6.45) is 0. The first-order valence-electron chi connectivity index (χ1n) is 5.30. The molecule has 0 unspecified atom stereocenters. The van der Waals surface area contributed by atoms with Gasteiger partial charge in [-0.2, -0.15) is 0 Å². The van der Waals surface area contributed by atoms with E-state index in [1.165, 1.54) is 0 Å². The van der Waals surface area contributed by atoms with Crippen LogP contribution >= 0.6 is 11.6 Å². The molecule has 0 aliphatic carbocycles. The van der Waals surface area contributed by atoms with Gasteiger partial charge in [-0.05, 0) is 11.6 Å². The number of carbonyl (C=O) groups excluding carboxylic acids is 1. The zero-order valence-electron chi connectivity index (χ0n) is 9.19. The number of carbonyl (C=O) groups is 1. The molecular weight excluding hydrogens is 234 g/mol. The van der Waals surface area contributed by atoms with Gasteiger partial charge >= 0.3 is 0 Å². The van der Waals surface area contributed by atoms with Crippen LogP contribution in [-0.4, -0.2) is 12.3 Å². The van der Waals surface area contributed by atoms with Crippen molar-refractivity contribution >= 4 is 17.4 Å². The number of benzene rings is 2. The SMILES string of the molecule is NCC(=O)c1ccc(-c2ccccc2Cl)cc1. The monoisotopic (exact) mass is 245 g/mol. The minimum atomic E-state index is -0.0595. The van der Waals surface area contributed by atoms with E-state index in [9.17, 15) is 4.79 Å². The van der Waals surface area contributed by atoms with Crippen molar-refractivity contribution in [1.29, 1.82) is 0 Å². The minimum absolute atomic E-state index is 0.0332. The smallest absolute Gasteiger partial charge is 0.176 e. The van der Waals surface area contributed by atoms with Gasteiger partial charge in [0.2, 0.25) is 0 Å². The van der Waals surface area contributed by atoms with E-state index in [0.29, 0.717) is 10.6 Å². The van der Waals surface area contributed by atoms with E-state index in [4.69, 9.17) is 17.3 Å². The van der Waals surface area contributed by atoms with Crippen molar-refractivity contribution in [2.75, 3.05) is 6.54 Å². The second-order valence-electron chi connectivity index (χ2n) is 3.68. The number of halogens is 1. The standard InChI is InChI=1S/C14H12ClNO/c15-13-4-2-1-3-12(13)10-5-7-11(8-6-10)14(17)9-16/h1-8H,9,16H2. The van der Waals surface area contributed by atoms with Crippen LogP contribution in [0, 0.1) is 0 Å². The van der Waals surface area contributed by atoms with Gasteiger partial charge < -0.3 is 5.73 Å². The second kappa shape index (κ2) is 5.13. The van der Waals surface area contributed by atoms with Crippen molar-refractivity contribution in [2.45, 2.75) is 0 Å². The number of Topliss-reactive ketones (excluding diaryl/α,β-unsaturated/α-hetero) is 1. The Kier molecular flexibility index (Phi) is 3.57. The Hall–Kier alpha value is -1.64. The highest BCUT2D eigenvalue weighted by molar-refractivity contribution is 6.33. The molecule has 0 bridgehead atoms. The summed E-state index contributed by atoms with van der Waals surface area (Å²) in [5, 5.41) is 0.699. The summed E-state index contributed by atoms with van der Waals surface area (Å²) in [4.78, 5) is 11.4. The molecule has 0 aliphatic rings. The molecule has 2 aromatic rings. The number of nitrogens with two attached hydrogens (primary N) is 1. The van der Waals surface area contributed by atoms with E-state index in [-0.39, 0.29) is 12.3 Å². The molecule has 0 saturated carbocycles. The first-order chi connectivity index (χ1) is 8.22. The van der Waals surface area contributed by atoms with Crippen molar-refractivity contribution < 1.29 is 4.79 Å². The van der Waals surface area contributed by atoms with Gasteiger partial charge in [-0.15, -0.1) is 0 Å². The van der Waals surface area contributed by atoms with E-state index in [2.05, 4.69) is 0 Å². The fourth-order valence-corrected chi connectivity index (χ4v) is 1.89. The quantitative estimate of drug-likeness (QED) is 0.845. The Morgan fingerprint density at radius 3 is 2.29 bits per heavy atom. The zero-order chi connectivity index (χ0) is 12.3. The van der Waals surface area contributed by atoms with Gasteiger partial charge in [-0.3, -0.25) is 4.79 Å². The third-order valence-corrected chi connectivity index (χ3v) is 2.91.